The molecule has 0 spiro atoms. The molecule has 0 saturated heterocycles. The van der Waals surface area contributed by atoms with Crippen LogP contribution >= 0.6 is 0 Å². The van der Waals surface area contributed by atoms with Gasteiger partial charge in [-0.05, 0) is 31.6 Å². The molecule has 1 atom stereocenters. The van der Waals surface area contributed by atoms with Crippen LogP contribution < -0.4 is 10.5 Å². The van der Waals surface area contributed by atoms with Gasteiger partial charge in [-0.3, -0.25) is 0 Å². The van der Waals surface area contributed by atoms with Gasteiger partial charge in [-0.1, -0.05) is 26.0 Å². The van der Waals surface area contributed by atoms with Crippen molar-refractivity contribution in [1.82, 2.24) is 4.90 Å². The van der Waals surface area contributed by atoms with E-state index in [1.165, 1.54) is 11.1 Å². The topological polar surface area (TPSA) is 38.5 Å². The summed E-state index contributed by atoms with van der Waals surface area (Å²) < 4.78 is 5.47. The van der Waals surface area contributed by atoms with Crippen LogP contribution in [0.15, 0.2) is 18.2 Å². The molecular weight excluding hydrogens is 224 g/mol. The molecule has 0 aliphatic carbocycles. The number of methoxy groups -OCH3 is 1. The Morgan fingerprint density at radius 1 is 1.28 bits per heavy atom. The molecule has 0 aromatic heterocycles. The van der Waals surface area contributed by atoms with Crippen LogP contribution in [0.4, 0.5) is 0 Å². The SMILES string of the molecule is COc1ccc(C(C)C)cc1C(CN)CN(C)C. The average Bonchev–Trinajstić information content (AvgIpc) is 2.34. The van der Waals surface area contributed by atoms with Gasteiger partial charge in [0, 0.05) is 24.6 Å². The third-order valence-electron chi connectivity index (χ3n) is 3.23. The fourth-order valence-corrected chi connectivity index (χ4v) is 2.17. The second-order valence-electron chi connectivity index (χ2n) is 5.35. The van der Waals surface area contributed by atoms with Gasteiger partial charge in [0.1, 0.15) is 5.75 Å². The Kier molecular flexibility index (Phi) is 5.63. The summed E-state index contributed by atoms with van der Waals surface area (Å²) in [6.07, 6.45) is 0. The lowest BCUT2D eigenvalue weighted by Crippen LogP contribution is -2.26. The zero-order chi connectivity index (χ0) is 13.7. The predicted molar refractivity (Wildman–Crippen MR) is 77.4 cm³/mol. The number of hydrogen-bond donors (Lipinski definition) is 1. The molecule has 1 aromatic carbocycles. The van der Waals surface area contributed by atoms with E-state index in [4.69, 9.17) is 10.5 Å². The van der Waals surface area contributed by atoms with E-state index >= 15 is 0 Å². The average molecular weight is 250 g/mol. The molecule has 0 amide bonds. The van der Waals surface area contributed by atoms with Crippen molar-refractivity contribution in [3.8, 4) is 5.75 Å². The molecule has 18 heavy (non-hydrogen) atoms. The van der Waals surface area contributed by atoms with Crippen molar-refractivity contribution in [3.63, 3.8) is 0 Å². The summed E-state index contributed by atoms with van der Waals surface area (Å²) in [5.74, 6) is 1.78. The van der Waals surface area contributed by atoms with E-state index in [0.29, 0.717) is 18.4 Å². The molecule has 0 aliphatic heterocycles. The van der Waals surface area contributed by atoms with E-state index in [9.17, 15) is 0 Å². The van der Waals surface area contributed by atoms with Crippen molar-refractivity contribution < 1.29 is 4.74 Å². The summed E-state index contributed by atoms with van der Waals surface area (Å²) in [5, 5.41) is 0. The number of likely N-dealkylation sites (N-methyl/N-ethyl adjacent to an activating group) is 1. The molecule has 0 fully saturated rings. The van der Waals surface area contributed by atoms with Crippen LogP contribution in [-0.2, 0) is 0 Å². The quantitative estimate of drug-likeness (QED) is 0.842. The Balaban J connectivity index is 3.12. The van der Waals surface area contributed by atoms with Gasteiger partial charge in [0.25, 0.3) is 0 Å². The zero-order valence-corrected chi connectivity index (χ0v) is 12.2. The largest absolute Gasteiger partial charge is 0.496 e. The first-order valence-corrected chi connectivity index (χ1v) is 6.52. The maximum Gasteiger partial charge on any atom is 0.122 e. The summed E-state index contributed by atoms with van der Waals surface area (Å²) in [6, 6.07) is 6.43. The van der Waals surface area contributed by atoms with Crippen LogP contribution in [-0.4, -0.2) is 39.2 Å². The van der Waals surface area contributed by atoms with Crippen molar-refractivity contribution in [2.24, 2.45) is 5.73 Å². The fraction of sp³-hybridized carbons (Fsp3) is 0.600. The standard InChI is InChI=1S/C15H26N2O/c1-11(2)12-6-7-15(18-5)14(8-12)13(9-16)10-17(3)4/h6-8,11,13H,9-10,16H2,1-5H3. The molecule has 0 saturated carbocycles. The Labute approximate surface area is 111 Å². The molecule has 0 bridgehead atoms. The summed E-state index contributed by atoms with van der Waals surface area (Å²) in [6.45, 7) is 5.98. The van der Waals surface area contributed by atoms with Gasteiger partial charge >= 0.3 is 0 Å². The minimum Gasteiger partial charge on any atom is -0.496 e. The first kappa shape index (κ1) is 15.0. The fourth-order valence-electron chi connectivity index (χ4n) is 2.17. The lowest BCUT2D eigenvalue weighted by atomic mass is 9.92. The lowest BCUT2D eigenvalue weighted by Gasteiger charge is -2.23. The predicted octanol–water partition coefficient (Wildman–Crippen LogP) is 2.42. The third kappa shape index (κ3) is 3.72. The minimum absolute atomic E-state index is 0.314. The second-order valence-corrected chi connectivity index (χ2v) is 5.35. The highest BCUT2D eigenvalue weighted by Gasteiger charge is 2.17. The Bertz CT molecular complexity index is 375. The highest BCUT2D eigenvalue weighted by atomic mass is 16.5. The molecule has 0 heterocycles. The van der Waals surface area contributed by atoms with Gasteiger partial charge in [0.2, 0.25) is 0 Å². The number of nitrogens with two attached hydrogens (primary N) is 1. The second kappa shape index (κ2) is 6.76. The third-order valence-corrected chi connectivity index (χ3v) is 3.23. The van der Waals surface area contributed by atoms with Gasteiger partial charge in [0.15, 0.2) is 0 Å². The summed E-state index contributed by atoms with van der Waals surface area (Å²) >= 11 is 0. The van der Waals surface area contributed by atoms with Gasteiger partial charge in [-0.15, -0.1) is 0 Å². The smallest absolute Gasteiger partial charge is 0.122 e. The van der Waals surface area contributed by atoms with Crippen LogP contribution in [0, 0.1) is 0 Å². The van der Waals surface area contributed by atoms with Crippen LogP contribution in [0.25, 0.3) is 0 Å². The first-order valence-electron chi connectivity index (χ1n) is 6.52. The van der Waals surface area contributed by atoms with E-state index in [1.807, 2.05) is 0 Å². The molecule has 0 radical (unpaired) electrons. The zero-order valence-electron chi connectivity index (χ0n) is 12.2. The molecule has 3 nitrogen and oxygen atoms in total. The molecule has 1 rings (SSSR count). The van der Waals surface area contributed by atoms with Gasteiger partial charge in [0.05, 0.1) is 7.11 Å². The monoisotopic (exact) mass is 250 g/mol. The molecule has 3 heteroatoms. The van der Waals surface area contributed by atoms with E-state index in [1.54, 1.807) is 7.11 Å². The van der Waals surface area contributed by atoms with Crippen molar-refractivity contribution in [2.45, 2.75) is 25.7 Å². The normalized spacial score (nSPS) is 13.1. The van der Waals surface area contributed by atoms with Crippen molar-refractivity contribution in [2.75, 3.05) is 34.3 Å². The highest BCUT2D eigenvalue weighted by Crippen LogP contribution is 2.30. The van der Waals surface area contributed by atoms with E-state index in [2.05, 4.69) is 51.0 Å². The lowest BCUT2D eigenvalue weighted by molar-refractivity contribution is 0.361. The Morgan fingerprint density at radius 2 is 1.94 bits per heavy atom. The molecule has 0 aliphatic rings. The molecule has 1 unspecified atom stereocenters. The van der Waals surface area contributed by atoms with Crippen molar-refractivity contribution >= 4 is 0 Å². The number of benzene rings is 1. The molecule has 1 aromatic rings. The highest BCUT2D eigenvalue weighted by molar-refractivity contribution is 5.41. The van der Waals surface area contributed by atoms with Gasteiger partial charge in [-0.2, -0.15) is 0 Å². The number of ether oxygens (including phenoxy) is 1. The summed E-state index contributed by atoms with van der Waals surface area (Å²) in [7, 11) is 5.86. The first-order chi connectivity index (χ1) is 8.49. The Morgan fingerprint density at radius 3 is 2.39 bits per heavy atom. The van der Waals surface area contributed by atoms with E-state index in [0.717, 1.165) is 12.3 Å². The van der Waals surface area contributed by atoms with E-state index in [-0.39, 0.29) is 0 Å². The van der Waals surface area contributed by atoms with Gasteiger partial charge < -0.3 is 15.4 Å². The molecule has 2 N–H and O–H groups in total. The van der Waals surface area contributed by atoms with Crippen LogP contribution in [0.3, 0.4) is 0 Å². The number of hydrogen-bond acceptors (Lipinski definition) is 3. The summed E-state index contributed by atoms with van der Waals surface area (Å²) in [4.78, 5) is 2.17. The van der Waals surface area contributed by atoms with Crippen LogP contribution in [0.5, 0.6) is 5.75 Å². The van der Waals surface area contributed by atoms with Gasteiger partial charge in [-0.25, -0.2) is 0 Å². The van der Waals surface area contributed by atoms with Crippen molar-refractivity contribution in [3.05, 3.63) is 29.3 Å². The Hall–Kier alpha value is -1.06. The molecule has 102 valence electrons. The number of rotatable bonds is 6. The van der Waals surface area contributed by atoms with E-state index < -0.39 is 0 Å². The summed E-state index contributed by atoms with van der Waals surface area (Å²) in [5.41, 5.74) is 8.48. The minimum atomic E-state index is 0.314. The van der Waals surface area contributed by atoms with Crippen LogP contribution in [0.2, 0.25) is 0 Å². The van der Waals surface area contributed by atoms with Crippen molar-refractivity contribution in [1.29, 1.82) is 0 Å². The molecular formula is C15H26N2O. The number of nitrogens with zero attached hydrogens (tertiary/aromatic N) is 1. The van der Waals surface area contributed by atoms with Crippen LogP contribution in [0.1, 0.15) is 36.8 Å². The maximum absolute atomic E-state index is 5.92. The maximum atomic E-state index is 5.92.